The number of aromatic nitrogens is 3. The van der Waals surface area contributed by atoms with Crippen molar-refractivity contribution in [2.75, 3.05) is 19.6 Å². The van der Waals surface area contributed by atoms with Crippen LogP contribution in [-0.4, -0.2) is 50.9 Å². The molecule has 6 nitrogen and oxygen atoms in total. The molecule has 0 aromatic carbocycles. The molecule has 2 aliphatic rings. The van der Waals surface area contributed by atoms with E-state index in [4.69, 9.17) is 11.6 Å². The standard InChI is InChI=1S/C13H14ClN5O/c14-11-7-19-4-2-9(16-13(19)17-11)12(20)15-10-6-18-3-1-8(10)5-18/h2,4,7-8,10H,1,3,5-6H2,(H,15,20)/t8-,10?/m0/s1. The normalized spacial score (nSPS) is 28.1. The second-order valence-electron chi connectivity index (χ2n) is 5.47. The van der Waals surface area contributed by atoms with Crippen LogP contribution in [0.25, 0.3) is 5.78 Å². The summed E-state index contributed by atoms with van der Waals surface area (Å²) in [7, 11) is 0. The molecule has 2 aromatic heterocycles. The van der Waals surface area contributed by atoms with E-state index in [1.165, 1.54) is 6.42 Å². The van der Waals surface area contributed by atoms with Crippen LogP contribution >= 0.6 is 11.6 Å². The van der Waals surface area contributed by atoms with Crippen molar-refractivity contribution in [1.29, 1.82) is 0 Å². The highest BCUT2D eigenvalue weighted by atomic mass is 35.5. The fourth-order valence-corrected chi connectivity index (χ4v) is 3.34. The van der Waals surface area contributed by atoms with Crippen molar-refractivity contribution in [3.63, 3.8) is 0 Å². The zero-order chi connectivity index (χ0) is 13.7. The Hall–Kier alpha value is -1.66. The SMILES string of the molecule is O=C(NC1CN2CC[C@H]1C2)c1ccn2cc(Cl)nc2n1. The van der Waals surface area contributed by atoms with Crippen LogP contribution in [0.4, 0.5) is 0 Å². The fraction of sp³-hybridized carbons (Fsp3) is 0.462. The van der Waals surface area contributed by atoms with Crippen molar-refractivity contribution in [1.82, 2.24) is 24.6 Å². The van der Waals surface area contributed by atoms with Crippen LogP contribution in [0, 0.1) is 5.92 Å². The smallest absolute Gasteiger partial charge is 0.270 e. The summed E-state index contributed by atoms with van der Waals surface area (Å²) in [6.45, 7) is 3.22. The zero-order valence-electron chi connectivity index (χ0n) is 10.8. The average Bonchev–Trinajstić information content (AvgIpc) is 3.10. The molecule has 2 saturated heterocycles. The molecule has 0 spiro atoms. The van der Waals surface area contributed by atoms with E-state index in [2.05, 4.69) is 20.2 Å². The first kappa shape index (κ1) is 12.1. The van der Waals surface area contributed by atoms with E-state index in [0.29, 0.717) is 22.5 Å². The van der Waals surface area contributed by atoms with E-state index in [0.717, 1.165) is 19.6 Å². The van der Waals surface area contributed by atoms with E-state index >= 15 is 0 Å². The van der Waals surface area contributed by atoms with Gasteiger partial charge >= 0.3 is 0 Å². The molecule has 104 valence electrons. The van der Waals surface area contributed by atoms with Crippen LogP contribution in [0.5, 0.6) is 0 Å². The third-order valence-corrected chi connectivity index (χ3v) is 4.36. The number of amides is 1. The van der Waals surface area contributed by atoms with Gasteiger partial charge in [-0.25, -0.2) is 4.98 Å². The van der Waals surface area contributed by atoms with Gasteiger partial charge in [0.15, 0.2) is 0 Å². The largest absolute Gasteiger partial charge is 0.346 e. The van der Waals surface area contributed by atoms with Crippen LogP contribution in [0.2, 0.25) is 5.15 Å². The summed E-state index contributed by atoms with van der Waals surface area (Å²) in [6, 6.07) is 1.94. The maximum Gasteiger partial charge on any atom is 0.270 e. The summed E-state index contributed by atoms with van der Waals surface area (Å²) in [5, 5.41) is 3.46. The van der Waals surface area contributed by atoms with Gasteiger partial charge in [0.1, 0.15) is 10.8 Å². The summed E-state index contributed by atoms with van der Waals surface area (Å²) >= 11 is 5.82. The Morgan fingerprint density at radius 2 is 2.30 bits per heavy atom. The molecule has 2 fully saturated rings. The number of rotatable bonds is 2. The molecule has 4 heterocycles. The summed E-state index contributed by atoms with van der Waals surface area (Å²) in [5.41, 5.74) is 0.387. The minimum absolute atomic E-state index is 0.134. The second-order valence-corrected chi connectivity index (χ2v) is 5.86. The molecule has 2 unspecified atom stereocenters. The Kier molecular flexibility index (Phi) is 2.68. The first-order valence-electron chi connectivity index (χ1n) is 6.73. The minimum Gasteiger partial charge on any atom is -0.346 e. The van der Waals surface area contributed by atoms with Gasteiger partial charge in [0, 0.05) is 31.5 Å². The Balaban J connectivity index is 1.54. The molecule has 2 bridgehead atoms. The van der Waals surface area contributed by atoms with E-state index in [-0.39, 0.29) is 11.9 Å². The van der Waals surface area contributed by atoms with Crippen LogP contribution in [0.1, 0.15) is 16.9 Å². The van der Waals surface area contributed by atoms with Gasteiger partial charge in [-0.2, -0.15) is 4.98 Å². The van der Waals surface area contributed by atoms with E-state index in [1.54, 1.807) is 22.9 Å². The predicted molar refractivity (Wildman–Crippen MR) is 73.8 cm³/mol. The molecule has 1 amide bonds. The van der Waals surface area contributed by atoms with Gasteiger partial charge in [0.05, 0.1) is 0 Å². The Labute approximate surface area is 120 Å². The minimum atomic E-state index is -0.134. The number of piperidine rings is 1. The molecule has 0 radical (unpaired) electrons. The van der Waals surface area contributed by atoms with Crippen LogP contribution in [0.15, 0.2) is 18.5 Å². The summed E-state index contributed by atoms with van der Waals surface area (Å²) < 4.78 is 1.70. The molecule has 20 heavy (non-hydrogen) atoms. The molecular weight excluding hydrogens is 278 g/mol. The number of halogens is 1. The maximum absolute atomic E-state index is 12.3. The number of hydrogen-bond donors (Lipinski definition) is 1. The van der Waals surface area contributed by atoms with Gasteiger partial charge in [0.2, 0.25) is 5.78 Å². The molecular formula is C13H14ClN5O. The lowest BCUT2D eigenvalue weighted by Gasteiger charge is -2.22. The van der Waals surface area contributed by atoms with Gasteiger partial charge in [-0.1, -0.05) is 11.6 Å². The first-order chi connectivity index (χ1) is 9.69. The van der Waals surface area contributed by atoms with Crippen LogP contribution in [0.3, 0.4) is 0 Å². The van der Waals surface area contributed by atoms with Gasteiger partial charge in [0.25, 0.3) is 5.91 Å². The van der Waals surface area contributed by atoms with Crippen molar-refractivity contribution < 1.29 is 4.79 Å². The van der Waals surface area contributed by atoms with Crippen molar-refractivity contribution >= 4 is 23.3 Å². The lowest BCUT2D eigenvalue weighted by molar-refractivity contribution is 0.0919. The van der Waals surface area contributed by atoms with Gasteiger partial charge in [-0.05, 0) is 24.9 Å². The van der Waals surface area contributed by atoms with Crippen LogP contribution in [-0.2, 0) is 0 Å². The van der Waals surface area contributed by atoms with Gasteiger partial charge < -0.3 is 10.2 Å². The van der Waals surface area contributed by atoms with Crippen molar-refractivity contribution in [3.8, 4) is 0 Å². The predicted octanol–water partition coefficient (Wildman–Crippen LogP) is 0.817. The number of nitrogens with zero attached hydrogens (tertiary/aromatic N) is 4. The number of fused-ring (bicyclic) bond motifs is 3. The van der Waals surface area contributed by atoms with E-state index in [1.807, 2.05) is 0 Å². The summed E-state index contributed by atoms with van der Waals surface area (Å²) in [6.07, 6.45) is 4.59. The highest BCUT2D eigenvalue weighted by Gasteiger charge is 2.38. The molecule has 2 aliphatic heterocycles. The quantitative estimate of drug-likeness (QED) is 0.890. The van der Waals surface area contributed by atoms with Crippen molar-refractivity contribution in [2.24, 2.45) is 5.92 Å². The lowest BCUT2D eigenvalue weighted by Crippen LogP contribution is -2.43. The monoisotopic (exact) mass is 291 g/mol. The molecule has 7 heteroatoms. The second kappa shape index (κ2) is 4.43. The van der Waals surface area contributed by atoms with E-state index < -0.39 is 0 Å². The topological polar surface area (TPSA) is 62.5 Å². The number of imidazole rings is 1. The molecule has 0 saturated carbocycles. The van der Waals surface area contributed by atoms with Gasteiger partial charge in [-0.3, -0.25) is 9.20 Å². The molecule has 0 aliphatic carbocycles. The first-order valence-corrected chi connectivity index (χ1v) is 7.11. The van der Waals surface area contributed by atoms with Crippen molar-refractivity contribution in [2.45, 2.75) is 12.5 Å². The lowest BCUT2D eigenvalue weighted by atomic mass is 10.00. The fourth-order valence-electron chi connectivity index (χ4n) is 3.16. The number of nitrogens with one attached hydrogen (secondary N) is 1. The molecule has 2 aromatic rings. The number of hydrogen-bond acceptors (Lipinski definition) is 4. The summed E-state index contributed by atoms with van der Waals surface area (Å²) in [5.74, 6) is 0.897. The molecule has 1 N–H and O–H groups in total. The summed E-state index contributed by atoms with van der Waals surface area (Å²) in [4.78, 5) is 23.0. The zero-order valence-corrected chi connectivity index (χ0v) is 11.5. The van der Waals surface area contributed by atoms with Gasteiger partial charge in [-0.15, -0.1) is 0 Å². The third-order valence-electron chi connectivity index (χ3n) is 4.18. The number of carbonyl (C=O) groups is 1. The highest BCUT2D eigenvalue weighted by molar-refractivity contribution is 6.29. The molecule has 4 rings (SSSR count). The highest BCUT2D eigenvalue weighted by Crippen LogP contribution is 2.27. The average molecular weight is 292 g/mol. The van der Waals surface area contributed by atoms with Crippen LogP contribution < -0.4 is 5.32 Å². The Bertz CT molecular complexity index is 684. The van der Waals surface area contributed by atoms with Crippen molar-refractivity contribution in [3.05, 3.63) is 29.3 Å². The van der Waals surface area contributed by atoms with E-state index in [9.17, 15) is 4.79 Å². The Morgan fingerprint density at radius 1 is 1.40 bits per heavy atom. The maximum atomic E-state index is 12.3. The molecule has 3 atom stereocenters. The Morgan fingerprint density at radius 3 is 3.05 bits per heavy atom. The third kappa shape index (κ3) is 1.96. The number of carbonyl (C=O) groups excluding carboxylic acids is 1.